The molecule has 30 heavy (non-hydrogen) atoms. The molecule has 0 bridgehead atoms. The van der Waals surface area contributed by atoms with Crippen LogP contribution in [0.2, 0.25) is 0 Å². The second kappa shape index (κ2) is 7.81. The van der Waals surface area contributed by atoms with E-state index in [-0.39, 0.29) is 11.9 Å². The fourth-order valence-electron chi connectivity index (χ4n) is 3.16. The minimum Gasteiger partial charge on any atom is -0.345 e. The summed E-state index contributed by atoms with van der Waals surface area (Å²) < 4.78 is 2.84. The van der Waals surface area contributed by atoms with Crippen LogP contribution in [0.25, 0.3) is 25.8 Å². The molecule has 0 aliphatic carbocycles. The Labute approximate surface area is 180 Å². The van der Waals surface area contributed by atoms with Gasteiger partial charge in [0, 0.05) is 0 Å². The second-order valence-corrected chi connectivity index (χ2v) is 8.89. The molecule has 3 heterocycles. The third kappa shape index (κ3) is 3.62. The van der Waals surface area contributed by atoms with Crippen LogP contribution in [0.5, 0.6) is 0 Å². The normalized spacial score (nSPS) is 12.2. The number of thiophene rings is 1. The maximum absolute atomic E-state index is 12.8. The van der Waals surface area contributed by atoms with E-state index >= 15 is 0 Å². The molecule has 8 heteroatoms. The Kier molecular flexibility index (Phi) is 4.86. The van der Waals surface area contributed by atoms with Crippen LogP contribution in [0.15, 0.2) is 73.3 Å². The number of hydrogen-bond acceptors (Lipinski definition) is 6. The molecule has 0 aliphatic heterocycles. The van der Waals surface area contributed by atoms with Crippen molar-refractivity contribution >= 4 is 38.8 Å². The molecular weight excluding hydrogens is 414 g/mol. The van der Waals surface area contributed by atoms with Crippen molar-refractivity contribution in [2.24, 2.45) is 0 Å². The van der Waals surface area contributed by atoms with Gasteiger partial charge in [-0.15, -0.1) is 22.7 Å². The Morgan fingerprint density at radius 3 is 2.63 bits per heavy atom. The molecule has 1 unspecified atom stereocenters. The fraction of sp³-hybridized carbons (Fsp3) is 0.0909. The number of hydrogen-bond donors (Lipinski definition) is 1. The molecular formula is C22H17N5OS2. The van der Waals surface area contributed by atoms with E-state index in [4.69, 9.17) is 0 Å². The lowest BCUT2D eigenvalue weighted by molar-refractivity contribution is 0.0944. The Hall–Kier alpha value is -3.36. The largest absolute Gasteiger partial charge is 0.345 e. The van der Waals surface area contributed by atoms with Gasteiger partial charge < -0.3 is 5.32 Å². The van der Waals surface area contributed by atoms with E-state index in [2.05, 4.69) is 26.4 Å². The Morgan fingerprint density at radius 1 is 1.03 bits per heavy atom. The Morgan fingerprint density at radius 2 is 1.87 bits per heavy atom. The molecule has 1 atom stereocenters. The van der Waals surface area contributed by atoms with Gasteiger partial charge in [0.05, 0.1) is 31.7 Å². The highest BCUT2D eigenvalue weighted by atomic mass is 32.1. The standard InChI is InChI=1S/C22H17N5OS2/c1-14(15-6-8-16(9-7-15)27-13-23-12-24-27)25-21(28)19-10-11-20(29-19)22-26-17-4-2-3-5-18(17)30-22/h2-14H,1H3,(H,25,28). The summed E-state index contributed by atoms with van der Waals surface area (Å²) in [7, 11) is 0. The maximum Gasteiger partial charge on any atom is 0.261 e. The molecule has 0 saturated carbocycles. The summed E-state index contributed by atoms with van der Waals surface area (Å²) in [6.45, 7) is 1.98. The first-order valence-electron chi connectivity index (χ1n) is 9.39. The summed E-state index contributed by atoms with van der Waals surface area (Å²) in [6.07, 6.45) is 3.15. The Bertz CT molecular complexity index is 1270. The van der Waals surface area contributed by atoms with Gasteiger partial charge in [-0.2, -0.15) is 5.10 Å². The van der Waals surface area contributed by atoms with Gasteiger partial charge in [0.25, 0.3) is 5.91 Å². The predicted molar refractivity (Wildman–Crippen MR) is 120 cm³/mol. The smallest absolute Gasteiger partial charge is 0.261 e. The fourth-order valence-corrected chi connectivity index (χ4v) is 5.09. The number of para-hydroxylation sites is 1. The average Bonchev–Trinajstić information content (AvgIpc) is 3.54. The molecule has 1 amide bonds. The number of fused-ring (bicyclic) bond motifs is 1. The minimum atomic E-state index is -0.115. The van der Waals surface area contributed by atoms with Crippen LogP contribution in [-0.2, 0) is 0 Å². The summed E-state index contributed by atoms with van der Waals surface area (Å²) >= 11 is 3.11. The van der Waals surface area contributed by atoms with Gasteiger partial charge in [-0.1, -0.05) is 24.3 Å². The van der Waals surface area contributed by atoms with E-state index in [1.165, 1.54) is 17.7 Å². The quantitative estimate of drug-likeness (QED) is 0.420. The highest BCUT2D eigenvalue weighted by Gasteiger charge is 2.16. The monoisotopic (exact) mass is 431 g/mol. The van der Waals surface area contributed by atoms with Crippen LogP contribution < -0.4 is 5.32 Å². The summed E-state index contributed by atoms with van der Waals surface area (Å²) in [6, 6.07) is 19.7. The van der Waals surface area contributed by atoms with Crippen molar-refractivity contribution in [3.63, 3.8) is 0 Å². The van der Waals surface area contributed by atoms with Crippen LogP contribution in [0.3, 0.4) is 0 Å². The van der Waals surface area contributed by atoms with Crippen molar-refractivity contribution in [3.05, 3.63) is 83.8 Å². The van der Waals surface area contributed by atoms with Crippen LogP contribution in [0.4, 0.5) is 0 Å². The summed E-state index contributed by atoms with van der Waals surface area (Å²) in [5.41, 5.74) is 2.93. The third-order valence-corrected chi connectivity index (χ3v) is 7.05. The molecule has 1 N–H and O–H groups in total. The highest BCUT2D eigenvalue weighted by Crippen LogP contribution is 2.34. The second-order valence-electron chi connectivity index (χ2n) is 6.78. The molecule has 0 aliphatic rings. The van der Waals surface area contributed by atoms with Crippen molar-refractivity contribution in [2.75, 3.05) is 0 Å². The maximum atomic E-state index is 12.8. The van der Waals surface area contributed by atoms with E-state index < -0.39 is 0 Å². The number of benzene rings is 2. The summed E-state index contributed by atoms with van der Waals surface area (Å²) in [4.78, 5) is 23.1. The first kappa shape index (κ1) is 18.7. The van der Waals surface area contributed by atoms with Crippen LogP contribution in [0.1, 0.15) is 28.2 Å². The lowest BCUT2D eigenvalue weighted by atomic mass is 10.1. The lowest BCUT2D eigenvalue weighted by Gasteiger charge is -2.14. The van der Waals surface area contributed by atoms with Crippen molar-refractivity contribution in [2.45, 2.75) is 13.0 Å². The molecule has 0 radical (unpaired) electrons. The van der Waals surface area contributed by atoms with Crippen LogP contribution in [-0.4, -0.2) is 25.7 Å². The first-order chi connectivity index (χ1) is 14.7. The third-order valence-electron chi connectivity index (χ3n) is 4.76. The number of carbonyl (C=O) groups is 1. The lowest BCUT2D eigenvalue weighted by Crippen LogP contribution is -2.25. The molecule has 148 valence electrons. The van der Waals surface area contributed by atoms with Gasteiger partial charge in [-0.25, -0.2) is 14.6 Å². The molecule has 2 aromatic carbocycles. The van der Waals surface area contributed by atoms with Gasteiger partial charge >= 0.3 is 0 Å². The van der Waals surface area contributed by atoms with E-state index in [9.17, 15) is 4.79 Å². The number of nitrogens with one attached hydrogen (secondary N) is 1. The number of amides is 1. The predicted octanol–water partition coefficient (Wildman–Crippen LogP) is 5.10. The number of aromatic nitrogens is 4. The van der Waals surface area contributed by atoms with Gasteiger partial charge in [0.1, 0.15) is 17.7 Å². The molecule has 0 spiro atoms. The van der Waals surface area contributed by atoms with Crippen molar-refractivity contribution in [1.82, 2.24) is 25.1 Å². The van der Waals surface area contributed by atoms with Crippen molar-refractivity contribution < 1.29 is 4.79 Å². The summed E-state index contributed by atoms with van der Waals surface area (Å²) in [5, 5.41) is 8.14. The van der Waals surface area contributed by atoms with Gasteiger partial charge in [-0.05, 0) is 48.9 Å². The van der Waals surface area contributed by atoms with Gasteiger partial charge in [-0.3, -0.25) is 4.79 Å². The molecule has 3 aromatic heterocycles. The van der Waals surface area contributed by atoms with E-state index in [1.54, 1.807) is 22.3 Å². The Balaban J connectivity index is 1.29. The number of nitrogens with zero attached hydrogens (tertiary/aromatic N) is 4. The molecule has 0 fully saturated rings. The highest BCUT2D eigenvalue weighted by molar-refractivity contribution is 7.26. The summed E-state index contributed by atoms with van der Waals surface area (Å²) in [5.74, 6) is -0.0831. The topological polar surface area (TPSA) is 72.7 Å². The van der Waals surface area contributed by atoms with Crippen molar-refractivity contribution in [3.8, 4) is 15.6 Å². The van der Waals surface area contributed by atoms with E-state index in [0.717, 1.165) is 31.4 Å². The van der Waals surface area contributed by atoms with Gasteiger partial charge in [0.2, 0.25) is 0 Å². The number of thiazole rings is 1. The van der Waals surface area contributed by atoms with Crippen LogP contribution >= 0.6 is 22.7 Å². The van der Waals surface area contributed by atoms with Crippen molar-refractivity contribution in [1.29, 1.82) is 0 Å². The van der Waals surface area contributed by atoms with Gasteiger partial charge in [0.15, 0.2) is 0 Å². The molecule has 6 nitrogen and oxygen atoms in total. The molecule has 5 rings (SSSR count). The van der Waals surface area contributed by atoms with E-state index in [0.29, 0.717) is 4.88 Å². The zero-order valence-corrected chi connectivity index (χ0v) is 17.7. The van der Waals surface area contributed by atoms with Crippen LogP contribution in [0, 0.1) is 0 Å². The van der Waals surface area contributed by atoms with E-state index in [1.807, 2.05) is 61.5 Å². The average molecular weight is 432 g/mol. The zero-order chi connectivity index (χ0) is 20.5. The molecule has 5 aromatic rings. The first-order valence-corrected chi connectivity index (χ1v) is 11.0. The number of rotatable bonds is 5. The number of carbonyl (C=O) groups excluding carboxylic acids is 1. The minimum absolute atomic E-state index is 0.0831. The zero-order valence-electron chi connectivity index (χ0n) is 16.0. The SMILES string of the molecule is CC(NC(=O)c1ccc(-c2nc3ccccc3s2)s1)c1ccc(-n2cncn2)cc1. The molecule has 0 saturated heterocycles.